The first kappa shape index (κ1) is 12.0. The van der Waals surface area contributed by atoms with Crippen molar-refractivity contribution in [3.05, 3.63) is 40.9 Å². The lowest BCUT2D eigenvalue weighted by molar-refractivity contribution is 0.161. The molecule has 0 fully saturated rings. The Bertz CT molecular complexity index is 352. The standard InChI is InChI=1S/C11H14ClNO2/c1-8(2)7-15-10-5-3-4-9(6-13-14)11(10)12/h3-5,13-14H,1,6-7H2,2H3. The molecular formula is C11H14ClNO2. The summed E-state index contributed by atoms with van der Waals surface area (Å²) < 4.78 is 5.44. The molecular weight excluding hydrogens is 214 g/mol. The maximum atomic E-state index is 8.59. The second-order valence-electron chi connectivity index (χ2n) is 3.31. The summed E-state index contributed by atoms with van der Waals surface area (Å²) in [6.45, 7) is 6.36. The zero-order valence-electron chi connectivity index (χ0n) is 8.59. The first-order valence-electron chi connectivity index (χ1n) is 4.56. The number of hydroxylamine groups is 1. The van der Waals surface area contributed by atoms with Crippen LogP contribution in [0.5, 0.6) is 5.75 Å². The molecule has 0 saturated heterocycles. The summed E-state index contributed by atoms with van der Waals surface area (Å²) in [5, 5.41) is 9.10. The van der Waals surface area contributed by atoms with Gasteiger partial charge in [-0.3, -0.25) is 0 Å². The van der Waals surface area contributed by atoms with Gasteiger partial charge >= 0.3 is 0 Å². The van der Waals surface area contributed by atoms with Crippen molar-refractivity contribution in [2.45, 2.75) is 13.5 Å². The van der Waals surface area contributed by atoms with Crippen LogP contribution in [-0.4, -0.2) is 11.8 Å². The van der Waals surface area contributed by atoms with Crippen LogP contribution in [0.25, 0.3) is 0 Å². The third-order valence-electron chi connectivity index (χ3n) is 1.79. The Labute approximate surface area is 94.3 Å². The van der Waals surface area contributed by atoms with Gasteiger partial charge in [0, 0.05) is 6.54 Å². The van der Waals surface area contributed by atoms with Crippen LogP contribution in [0, 0.1) is 0 Å². The van der Waals surface area contributed by atoms with Crippen molar-refractivity contribution in [3.63, 3.8) is 0 Å². The van der Waals surface area contributed by atoms with Gasteiger partial charge in [-0.2, -0.15) is 0 Å². The van der Waals surface area contributed by atoms with E-state index in [2.05, 4.69) is 12.1 Å². The predicted octanol–water partition coefficient (Wildman–Crippen LogP) is 2.77. The molecule has 3 nitrogen and oxygen atoms in total. The van der Waals surface area contributed by atoms with E-state index in [1.54, 1.807) is 6.07 Å². The topological polar surface area (TPSA) is 41.5 Å². The van der Waals surface area contributed by atoms with Crippen LogP contribution < -0.4 is 10.2 Å². The second-order valence-corrected chi connectivity index (χ2v) is 3.69. The van der Waals surface area contributed by atoms with Gasteiger partial charge in [-0.05, 0) is 24.1 Å². The molecule has 0 aliphatic rings. The zero-order valence-corrected chi connectivity index (χ0v) is 9.34. The maximum absolute atomic E-state index is 8.59. The minimum Gasteiger partial charge on any atom is -0.488 e. The number of ether oxygens (including phenoxy) is 1. The molecule has 0 bridgehead atoms. The van der Waals surface area contributed by atoms with Crippen LogP contribution >= 0.6 is 11.6 Å². The quantitative estimate of drug-likeness (QED) is 0.601. The highest BCUT2D eigenvalue weighted by Gasteiger charge is 2.06. The molecule has 0 spiro atoms. The molecule has 1 rings (SSSR count). The Morgan fingerprint density at radius 1 is 1.60 bits per heavy atom. The van der Waals surface area contributed by atoms with Crippen LogP contribution in [0.1, 0.15) is 12.5 Å². The Balaban J connectivity index is 2.79. The molecule has 0 aromatic heterocycles. The molecule has 0 atom stereocenters. The monoisotopic (exact) mass is 227 g/mol. The van der Waals surface area contributed by atoms with E-state index < -0.39 is 0 Å². The average molecular weight is 228 g/mol. The van der Waals surface area contributed by atoms with Crippen molar-refractivity contribution in [1.82, 2.24) is 5.48 Å². The molecule has 0 saturated carbocycles. The highest BCUT2D eigenvalue weighted by molar-refractivity contribution is 6.32. The highest BCUT2D eigenvalue weighted by atomic mass is 35.5. The van der Waals surface area contributed by atoms with Crippen LogP contribution in [0.15, 0.2) is 30.4 Å². The fourth-order valence-electron chi connectivity index (χ4n) is 1.09. The molecule has 0 unspecified atom stereocenters. The molecule has 15 heavy (non-hydrogen) atoms. The molecule has 1 aromatic carbocycles. The highest BCUT2D eigenvalue weighted by Crippen LogP contribution is 2.28. The number of benzene rings is 1. The molecule has 82 valence electrons. The molecule has 4 heteroatoms. The molecule has 1 aromatic rings. The Kier molecular flexibility index (Phi) is 4.62. The Hall–Kier alpha value is -1.03. The van der Waals surface area contributed by atoms with Crippen molar-refractivity contribution >= 4 is 11.6 Å². The van der Waals surface area contributed by atoms with Crippen molar-refractivity contribution in [1.29, 1.82) is 0 Å². The van der Waals surface area contributed by atoms with Gasteiger partial charge in [0.05, 0.1) is 5.02 Å². The lowest BCUT2D eigenvalue weighted by Crippen LogP contribution is -2.07. The van der Waals surface area contributed by atoms with Crippen molar-refractivity contribution in [2.24, 2.45) is 0 Å². The van der Waals surface area contributed by atoms with Gasteiger partial charge < -0.3 is 9.94 Å². The zero-order chi connectivity index (χ0) is 11.3. The molecule has 0 aliphatic heterocycles. The van der Waals surface area contributed by atoms with Gasteiger partial charge in [-0.25, -0.2) is 5.48 Å². The smallest absolute Gasteiger partial charge is 0.138 e. The Morgan fingerprint density at radius 3 is 2.93 bits per heavy atom. The summed E-state index contributed by atoms with van der Waals surface area (Å²) in [6, 6.07) is 5.43. The van der Waals surface area contributed by atoms with E-state index in [-0.39, 0.29) is 0 Å². The number of hydrogen-bond acceptors (Lipinski definition) is 3. The van der Waals surface area contributed by atoms with E-state index >= 15 is 0 Å². The fourth-order valence-corrected chi connectivity index (χ4v) is 1.34. The van der Waals surface area contributed by atoms with E-state index in [1.165, 1.54) is 0 Å². The van der Waals surface area contributed by atoms with E-state index in [9.17, 15) is 0 Å². The van der Waals surface area contributed by atoms with Gasteiger partial charge in [0.1, 0.15) is 12.4 Å². The third-order valence-corrected chi connectivity index (χ3v) is 2.22. The largest absolute Gasteiger partial charge is 0.488 e. The van der Waals surface area contributed by atoms with Crippen LogP contribution in [-0.2, 0) is 6.54 Å². The van der Waals surface area contributed by atoms with Gasteiger partial charge in [0.15, 0.2) is 0 Å². The summed E-state index contributed by atoms with van der Waals surface area (Å²) in [7, 11) is 0. The first-order valence-corrected chi connectivity index (χ1v) is 4.94. The van der Waals surface area contributed by atoms with Gasteiger partial charge in [0.25, 0.3) is 0 Å². The van der Waals surface area contributed by atoms with E-state index in [0.717, 1.165) is 11.1 Å². The lowest BCUT2D eigenvalue weighted by atomic mass is 10.2. The second kappa shape index (κ2) is 5.75. The third kappa shape index (κ3) is 3.55. The van der Waals surface area contributed by atoms with E-state index in [4.69, 9.17) is 21.5 Å². The number of rotatable bonds is 5. The van der Waals surface area contributed by atoms with Gasteiger partial charge in [0.2, 0.25) is 0 Å². The molecule has 0 aliphatic carbocycles. The molecule has 0 heterocycles. The summed E-state index contributed by atoms with van der Waals surface area (Å²) in [5.74, 6) is 0.604. The lowest BCUT2D eigenvalue weighted by Gasteiger charge is -2.10. The van der Waals surface area contributed by atoms with Crippen LogP contribution in [0.3, 0.4) is 0 Å². The van der Waals surface area contributed by atoms with Crippen molar-refractivity contribution < 1.29 is 9.94 Å². The number of hydrogen-bond donors (Lipinski definition) is 2. The fraction of sp³-hybridized carbons (Fsp3) is 0.273. The summed E-state index contributed by atoms with van der Waals surface area (Å²) >= 11 is 6.07. The molecule has 2 N–H and O–H groups in total. The van der Waals surface area contributed by atoms with Crippen LogP contribution in [0.4, 0.5) is 0 Å². The average Bonchev–Trinajstić information content (AvgIpc) is 2.19. The minimum atomic E-state index is 0.295. The predicted molar refractivity (Wildman–Crippen MR) is 60.4 cm³/mol. The molecule has 0 amide bonds. The van der Waals surface area contributed by atoms with E-state index in [1.807, 2.05) is 19.1 Å². The molecule has 0 radical (unpaired) electrons. The number of nitrogens with one attached hydrogen (secondary N) is 1. The minimum absolute atomic E-state index is 0.295. The van der Waals surface area contributed by atoms with Gasteiger partial charge in [-0.15, -0.1) is 0 Å². The normalized spacial score (nSPS) is 10.1. The maximum Gasteiger partial charge on any atom is 0.138 e. The number of halogens is 1. The summed E-state index contributed by atoms with van der Waals surface area (Å²) in [5.41, 5.74) is 3.78. The summed E-state index contributed by atoms with van der Waals surface area (Å²) in [4.78, 5) is 0. The summed E-state index contributed by atoms with van der Waals surface area (Å²) in [6.07, 6.45) is 0. The van der Waals surface area contributed by atoms with Crippen molar-refractivity contribution in [2.75, 3.05) is 6.61 Å². The SMILES string of the molecule is C=C(C)COc1cccc(CNO)c1Cl. The van der Waals surface area contributed by atoms with E-state index in [0.29, 0.717) is 23.9 Å². The van der Waals surface area contributed by atoms with Gasteiger partial charge in [-0.1, -0.05) is 30.3 Å². The van der Waals surface area contributed by atoms with Crippen molar-refractivity contribution in [3.8, 4) is 5.75 Å². The van der Waals surface area contributed by atoms with Crippen LogP contribution in [0.2, 0.25) is 5.02 Å². The Morgan fingerprint density at radius 2 is 2.33 bits per heavy atom. The first-order chi connectivity index (χ1) is 7.15.